The number of nitrogens with zero attached hydrogens (tertiary/aromatic N) is 1. The number of anilines is 1. The van der Waals surface area contributed by atoms with Crippen LogP contribution in [0.2, 0.25) is 0 Å². The van der Waals surface area contributed by atoms with Gasteiger partial charge in [0, 0.05) is 18.0 Å². The first-order valence-corrected chi connectivity index (χ1v) is 8.93. The summed E-state index contributed by atoms with van der Waals surface area (Å²) in [6, 6.07) is 7.41. The first kappa shape index (κ1) is 19.1. The fourth-order valence-electron chi connectivity index (χ4n) is 2.37. The van der Waals surface area contributed by atoms with Crippen molar-refractivity contribution in [2.45, 2.75) is 30.4 Å². The van der Waals surface area contributed by atoms with Gasteiger partial charge in [-0.25, -0.2) is 0 Å². The van der Waals surface area contributed by atoms with E-state index < -0.39 is 11.2 Å². The summed E-state index contributed by atoms with van der Waals surface area (Å²) in [4.78, 5) is 38.6. The summed E-state index contributed by atoms with van der Waals surface area (Å²) in [6.07, 6.45) is -0.0786. The standard InChI is InChI=1S/C18H22N2O4S/c1-4-20(10-12(2)3)16(21)11-24-17(22)9-15-18(23)19-13-7-5-6-8-14(13)25-15/h5-8,15H,2,4,9-11H2,1,3H3,(H,19,23)/t15-/m1/s1. The van der Waals surface area contributed by atoms with Crippen LogP contribution in [0.4, 0.5) is 5.69 Å². The maximum atomic E-state index is 12.1. The number of carbonyl (C=O) groups is 3. The molecule has 134 valence electrons. The second-order valence-electron chi connectivity index (χ2n) is 5.82. The molecule has 0 saturated carbocycles. The number of esters is 1. The highest BCUT2D eigenvalue weighted by atomic mass is 32.2. The number of hydrogen-bond donors (Lipinski definition) is 1. The number of benzene rings is 1. The van der Waals surface area contributed by atoms with Gasteiger partial charge in [-0.3, -0.25) is 14.4 Å². The highest BCUT2D eigenvalue weighted by Crippen LogP contribution is 2.36. The van der Waals surface area contributed by atoms with Gasteiger partial charge < -0.3 is 15.0 Å². The number of likely N-dealkylation sites (N-methyl/N-ethyl adjacent to an activating group) is 1. The van der Waals surface area contributed by atoms with Crippen molar-refractivity contribution in [3.05, 3.63) is 36.4 Å². The largest absolute Gasteiger partial charge is 0.456 e. The van der Waals surface area contributed by atoms with Gasteiger partial charge in [-0.05, 0) is 26.0 Å². The molecule has 0 aromatic heterocycles. The van der Waals surface area contributed by atoms with Crippen LogP contribution in [0.3, 0.4) is 0 Å². The molecule has 1 aromatic carbocycles. The molecule has 25 heavy (non-hydrogen) atoms. The van der Waals surface area contributed by atoms with E-state index in [0.29, 0.717) is 13.1 Å². The third-order valence-electron chi connectivity index (χ3n) is 3.61. The number of nitrogens with one attached hydrogen (secondary N) is 1. The molecule has 1 aliphatic heterocycles. The molecule has 0 saturated heterocycles. The van der Waals surface area contributed by atoms with Crippen LogP contribution in [0, 0.1) is 0 Å². The zero-order chi connectivity index (χ0) is 18.4. The molecule has 1 heterocycles. The summed E-state index contributed by atoms with van der Waals surface area (Å²) in [7, 11) is 0. The lowest BCUT2D eigenvalue weighted by Crippen LogP contribution is -2.36. The molecule has 1 N–H and O–H groups in total. The van der Waals surface area contributed by atoms with Crippen molar-refractivity contribution in [3.63, 3.8) is 0 Å². The molecule has 0 radical (unpaired) electrons. The van der Waals surface area contributed by atoms with Crippen molar-refractivity contribution < 1.29 is 19.1 Å². The summed E-state index contributed by atoms with van der Waals surface area (Å²) < 4.78 is 5.05. The van der Waals surface area contributed by atoms with E-state index in [1.807, 2.05) is 38.1 Å². The smallest absolute Gasteiger partial charge is 0.307 e. The van der Waals surface area contributed by atoms with Gasteiger partial charge in [-0.2, -0.15) is 0 Å². The topological polar surface area (TPSA) is 75.7 Å². The van der Waals surface area contributed by atoms with Crippen LogP contribution in [-0.4, -0.2) is 47.6 Å². The maximum absolute atomic E-state index is 12.1. The Morgan fingerprint density at radius 2 is 2.08 bits per heavy atom. The average Bonchev–Trinajstić information content (AvgIpc) is 2.58. The Morgan fingerprint density at radius 3 is 2.76 bits per heavy atom. The van der Waals surface area contributed by atoms with Crippen LogP contribution >= 0.6 is 11.8 Å². The lowest BCUT2D eigenvalue weighted by atomic mass is 10.2. The first-order valence-electron chi connectivity index (χ1n) is 8.05. The molecular weight excluding hydrogens is 340 g/mol. The minimum Gasteiger partial charge on any atom is -0.456 e. The van der Waals surface area contributed by atoms with Gasteiger partial charge in [0.1, 0.15) is 0 Å². The van der Waals surface area contributed by atoms with Gasteiger partial charge in [0.05, 0.1) is 17.4 Å². The Balaban J connectivity index is 1.85. The molecule has 0 aliphatic carbocycles. The normalized spacial score (nSPS) is 15.8. The zero-order valence-electron chi connectivity index (χ0n) is 14.4. The van der Waals surface area contributed by atoms with Gasteiger partial charge in [-0.1, -0.05) is 24.3 Å². The van der Waals surface area contributed by atoms with Crippen molar-refractivity contribution in [1.29, 1.82) is 0 Å². The number of carbonyl (C=O) groups excluding carboxylic acids is 3. The average molecular weight is 362 g/mol. The Hall–Kier alpha value is -2.28. The lowest BCUT2D eigenvalue weighted by molar-refractivity contribution is -0.152. The predicted molar refractivity (Wildman–Crippen MR) is 97.4 cm³/mol. The highest BCUT2D eigenvalue weighted by Gasteiger charge is 2.29. The summed E-state index contributed by atoms with van der Waals surface area (Å²) in [5.74, 6) is -1.07. The van der Waals surface area contributed by atoms with Crippen LogP contribution in [0.15, 0.2) is 41.3 Å². The molecule has 6 nitrogen and oxygen atoms in total. The summed E-state index contributed by atoms with van der Waals surface area (Å²) in [5.41, 5.74) is 1.60. The number of amides is 2. The number of para-hydroxylation sites is 1. The van der Waals surface area contributed by atoms with Crippen molar-refractivity contribution in [1.82, 2.24) is 4.90 Å². The zero-order valence-corrected chi connectivity index (χ0v) is 15.2. The van der Waals surface area contributed by atoms with Gasteiger partial charge in [-0.15, -0.1) is 11.8 Å². The molecular formula is C18H22N2O4S. The van der Waals surface area contributed by atoms with Crippen molar-refractivity contribution in [2.75, 3.05) is 25.0 Å². The van der Waals surface area contributed by atoms with Crippen LogP contribution in [0.1, 0.15) is 20.3 Å². The Bertz CT molecular complexity index is 689. The Labute approximate surface area is 151 Å². The quantitative estimate of drug-likeness (QED) is 0.596. The summed E-state index contributed by atoms with van der Waals surface area (Å²) in [6.45, 7) is 8.08. The first-order chi connectivity index (χ1) is 11.9. The van der Waals surface area contributed by atoms with E-state index in [0.717, 1.165) is 16.2 Å². The van der Waals surface area contributed by atoms with Crippen LogP contribution in [0.25, 0.3) is 0 Å². The third-order valence-corrected chi connectivity index (χ3v) is 4.89. The molecule has 0 fully saturated rings. The van der Waals surface area contributed by atoms with Gasteiger partial charge >= 0.3 is 5.97 Å². The fourth-order valence-corrected chi connectivity index (χ4v) is 3.47. The Morgan fingerprint density at radius 1 is 1.36 bits per heavy atom. The van der Waals surface area contributed by atoms with E-state index >= 15 is 0 Å². The van der Waals surface area contributed by atoms with E-state index in [9.17, 15) is 14.4 Å². The van der Waals surface area contributed by atoms with Crippen LogP contribution in [-0.2, 0) is 19.1 Å². The molecule has 2 amide bonds. The van der Waals surface area contributed by atoms with Crippen LogP contribution in [0.5, 0.6) is 0 Å². The molecule has 0 bridgehead atoms. The van der Waals surface area contributed by atoms with E-state index in [1.165, 1.54) is 11.8 Å². The van der Waals surface area contributed by atoms with Gasteiger partial charge in [0.2, 0.25) is 5.91 Å². The van der Waals surface area contributed by atoms with E-state index in [4.69, 9.17) is 4.74 Å². The number of rotatable bonds is 7. The fraction of sp³-hybridized carbons (Fsp3) is 0.389. The Kier molecular flexibility index (Phi) is 6.64. The molecule has 7 heteroatoms. The second kappa shape index (κ2) is 8.71. The molecule has 0 spiro atoms. The predicted octanol–water partition coefficient (Wildman–Crippen LogP) is 2.46. The maximum Gasteiger partial charge on any atom is 0.307 e. The van der Waals surface area contributed by atoms with Gasteiger partial charge in [0.15, 0.2) is 6.61 Å². The number of hydrogen-bond acceptors (Lipinski definition) is 5. The lowest BCUT2D eigenvalue weighted by Gasteiger charge is -2.23. The molecule has 2 rings (SSSR count). The number of ether oxygens (including phenoxy) is 1. The van der Waals surface area contributed by atoms with Crippen LogP contribution < -0.4 is 5.32 Å². The minimum atomic E-state index is -0.563. The molecule has 1 atom stereocenters. The van der Waals surface area contributed by atoms with Crippen molar-refractivity contribution in [3.8, 4) is 0 Å². The molecule has 1 aliphatic rings. The second-order valence-corrected chi connectivity index (χ2v) is 7.07. The van der Waals surface area contributed by atoms with Gasteiger partial charge in [0.25, 0.3) is 5.91 Å². The molecule has 0 unspecified atom stereocenters. The van der Waals surface area contributed by atoms with E-state index in [-0.39, 0.29) is 24.8 Å². The minimum absolute atomic E-state index is 0.0786. The monoisotopic (exact) mass is 362 g/mol. The number of thioether (sulfide) groups is 1. The SMILES string of the molecule is C=C(C)CN(CC)C(=O)COC(=O)C[C@H]1Sc2ccccc2NC1=O. The summed E-state index contributed by atoms with van der Waals surface area (Å²) in [5, 5.41) is 2.22. The van der Waals surface area contributed by atoms with Crippen molar-refractivity contribution in [2.24, 2.45) is 0 Å². The molecule has 1 aromatic rings. The highest BCUT2D eigenvalue weighted by molar-refractivity contribution is 8.01. The van der Waals surface area contributed by atoms with E-state index in [1.54, 1.807) is 4.90 Å². The van der Waals surface area contributed by atoms with E-state index in [2.05, 4.69) is 11.9 Å². The number of fused-ring (bicyclic) bond motifs is 1. The summed E-state index contributed by atoms with van der Waals surface area (Å²) >= 11 is 1.33. The third kappa shape index (κ3) is 5.35. The van der Waals surface area contributed by atoms with Crippen molar-refractivity contribution >= 4 is 35.2 Å².